The summed E-state index contributed by atoms with van der Waals surface area (Å²) in [6.45, 7) is 0. The van der Waals surface area contributed by atoms with Crippen molar-refractivity contribution in [3.8, 4) is 28.7 Å². The molecule has 176 valence electrons. The van der Waals surface area contributed by atoms with Crippen LogP contribution in [0.3, 0.4) is 0 Å². The molecule has 0 spiro atoms. The summed E-state index contributed by atoms with van der Waals surface area (Å²) in [6.07, 6.45) is 6.53. The van der Waals surface area contributed by atoms with Crippen LogP contribution in [0.5, 0.6) is 23.0 Å². The molecule has 0 aliphatic heterocycles. The van der Waals surface area contributed by atoms with Gasteiger partial charge in [-0.1, -0.05) is 47.7 Å². The van der Waals surface area contributed by atoms with Crippen LogP contribution in [-0.2, 0) is 0 Å². The van der Waals surface area contributed by atoms with E-state index in [0.29, 0.717) is 22.8 Å². The van der Waals surface area contributed by atoms with Crippen LogP contribution < -0.4 is 9.47 Å². The number of phenolic OH excluding ortho intramolecular Hbond substituents is 2. The molecule has 0 aliphatic carbocycles. The second kappa shape index (κ2) is 10.4. The smallest absolute Gasteiger partial charge is 0.208 e. The van der Waals surface area contributed by atoms with Crippen LogP contribution in [0.25, 0.3) is 23.9 Å². The number of para-hydroxylation sites is 1. The van der Waals surface area contributed by atoms with Gasteiger partial charge in [0.25, 0.3) is 0 Å². The van der Waals surface area contributed by atoms with Crippen molar-refractivity contribution in [1.82, 2.24) is 15.0 Å². The van der Waals surface area contributed by atoms with Crippen molar-refractivity contribution in [2.45, 2.75) is 0 Å². The largest absolute Gasteiger partial charge is 0.504 e. The zero-order chi connectivity index (χ0) is 24.8. The molecule has 0 atom stereocenters. The fourth-order valence-electron chi connectivity index (χ4n) is 3.40. The van der Waals surface area contributed by atoms with E-state index in [1.165, 1.54) is 32.4 Å². The van der Waals surface area contributed by atoms with Gasteiger partial charge in [-0.25, -0.2) is 4.68 Å². The van der Waals surface area contributed by atoms with Gasteiger partial charge in [-0.2, -0.15) is 0 Å². The van der Waals surface area contributed by atoms with Crippen LogP contribution in [-0.4, -0.2) is 45.2 Å². The van der Waals surface area contributed by atoms with E-state index in [0.717, 1.165) is 11.3 Å². The molecule has 2 N–H and O–H groups in total. The number of carbonyl (C=O) groups excluding carboxylic acids is 1. The Balaban J connectivity index is 1.70. The fourth-order valence-corrected chi connectivity index (χ4v) is 3.40. The third-order valence-corrected chi connectivity index (χ3v) is 5.21. The highest BCUT2D eigenvalue weighted by Gasteiger charge is 2.17. The number of ether oxygens (including phenoxy) is 2. The van der Waals surface area contributed by atoms with E-state index in [1.807, 2.05) is 30.3 Å². The normalized spacial score (nSPS) is 11.3. The van der Waals surface area contributed by atoms with Gasteiger partial charge in [-0.15, -0.1) is 5.10 Å². The molecule has 3 aromatic carbocycles. The second-order valence-electron chi connectivity index (χ2n) is 7.46. The highest BCUT2D eigenvalue weighted by molar-refractivity contribution is 6.07. The van der Waals surface area contributed by atoms with Gasteiger partial charge in [0, 0.05) is 0 Å². The average Bonchev–Trinajstić information content (AvgIpc) is 3.32. The Bertz CT molecular complexity index is 1410. The minimum Gasteiger partial charge on any atom is -0.504 e. The number of rotatable bonds is 8. The van der Waals surface area contributed by atoms with Crippen LogP contribution in [0, 0.1) is 0 Å². The Morgan fingerprint density at radius 3 is 2.03 bits per heavy atom. The first-order valence-electron chi connectivity index (χ1n) is 10.7. The fraction of sp³-hybridized carbons (Fsp3) is 0.0741. The zero-order valence-electron chi connectivity index (χ0n) is 19.1. The number of methoxy groups -OCH3 is 2. The highest BCUT2D eigenvalue weighted by Crippen LogP contribution is 2.28. The number of phenols is 2. The highest BCUT2D eigenvalue weighted by atomic mass is 16.5. The predicted octanol–water partition coefficient (Wildman–Crippen LogP) is 4.76. The average molecular weight is 469 g/mol. The predicted molar refractivity (Wildman–Crippen MR) is 133 cm³/mol. The molecule has 0 fully saturated rings. The first kappa shape index (κ1) is 23.3. The summed E-state index contributed by atoms with van der Waals surface area (Å²) in [6, 6.07) is 19.1. The van der Waals surface area contributed by atoms with E-state index in [-0.39, 0.29) is 23.0 Å². The Labute approximate surface area is 202 Å². The Morgan fingerprint density at radius 1 is 0.829 bits per heavy atom. The van der Waals surface area contributed by atoms with Crippen LogP contribution in [0.2, 0.25) is 0 Å². The number of aromatic nitrogens is 3. The minimum atomic E-state index is -0.345. The summed E-state index contributed by atoms with van der Waals surface area (Å²) in [4.78, 5) is 13.1. The summed E-state index contributed by atoms with van der Waals surface area (Å²) in [5.41, 5.74) is 2.83. The summed E-state index contributed by atoms with van der Waals surface area (Å²) >= 11 is 0. The van der Waals surface area contributed by atoms with Crippen molar-refractivity contribution in [3.05, 3.63) is 95.3 Å². The lowest BCUT2D eigenvalue weighted by molar-refractivity contribution is 0.104. The molecular weight excluding hydrogens is 446 g/mol. The quantitative estimate of drug-likeness (QED) is 0.283. The standard InChI is InChI=1S/C27H23N3O5/c1-34-25-16-18(9-13-22(25)31)8-12-21-27(28-29-30(21)20-6-4-3-5-7-20)24(33)15-11-19-10-14-23(32)26(17-19)35-2/h3-17,31-32H,1-2H3/b12-8+,15-11+. The molecular formula is C27H23N3O5. The number of benzene rings is 3. The monoisotopic (exact) mass is 469 g/mol. The maximum absolute atomic E-state index is 13.1. The third-order valence-electron chi connectivity index (χ3n) is 5.21. The van der Waals surface area contributed by atoms with E-state index in [2.05, 4.69) is 10.3 Å². The Kier molecular flexibility index (Phi) is 6.92. The Morgan fingerprint density at radius 2 is 1.43 bits per heavy atom. The summed E-state index contributed by atoms with van der Waals surface area (Å²) in [5.74, 6) is 0.350. The number of carbonyl (C=O) groups is 1. The maximum Gasteiger partial charge on any atom is 0.208 e. The zero-order valence-corrected chi connectivity index (χ0v) is 19.1. The number of nitrogens with zero attached hydrogens (tertiary/aromatic N) is 3. The molecule has 0 saturated heterocycles. The van der Waals surface area contributed by atoms with Crippen LogP contribution in [0.15, 0.2) is 72.8 Å². The summed E-state index contributed by atoms with van der Waals surface area (Å²) in [7, 11) is 2.93. The van der Waals surface area contributed by atoms with Crippen LogP contribution >= 0.6 is 0 Å². The van der Waals surface area contributed by atoms with Crippen LogP contribution in [0.1, 0.15) is 27.3 Å². The number of hydrogen-bond acceptors (Lipinski definition) is 7. The molecule has 0 saturated carbocycles. The van der Waals surface area contributed by atoms with Gasteiger partial charge in [0.15, 0.2) is 28.7 Å². The molecule has 8 nitrogen and oxygen atoms in total. The van der Waals surface area contributed by atoms with Gasteiger partial charge in [-0.3, -0.25) is 4.79 Å². The molecule has 1 heterocycles. The Hall–Kier alpha value is -4.85. The summed E-state index contributed by atoms with van der Waals surface area (Å²) in [5, 5.41) is 28.0. The molecule has 35 heavy (non-hydrogen) atoms. The minimum absolute atomic E-state index is 0.0139. The van der Waals surface area contributed by atoms with Crippen molar-refractivity contribution in [3.63, 3.8) is 0 Å². The summed E-state index contributed by atoms with van der Waals surface area (Å²) < 4.78 is 11.9. The molecule has 0 aliphatic rings. The van der Waals surface area contributed by atoms with Gasteiger partial charge in [0.2, 0.25) is 5.78 Å². The molecule has 0 bridgehead atoms. The molecule has 1 aromatic heterocycles. The molecule has 0 radical (unpaired) electrons. The first-order valence-corrected chi connectivity index (χ1v) is 10.7. The number of aromatic hydroxyl groups is 2. The topological polar surface area (TPSA) is 107 Å². The van der Waals surface area contributed by atoms with Gasteiger partial charge >= 0.3 is 0 Å². The van der Waals surface area contributed by atoms with Crippen molar-refractivity contribution >= 4 is 24.0 Å². The van der Waals surface area contributed by atoms with Gasteiger partial charge in [0.1, 0.15) is 0 Å². The van der Waals surface area contributed by atoms with Crippen molar-refractivity contribution in [2.75, 3.05) is 14.2 Å². The third kappa shape index (κ3) is 5.22. The van der Waals surface area contributed by atoms with Crippen LogP contribution in [0.4, 0.5) is 0 Å². The number of hydrogen-bond donors (Lipinski definition) is 2. The van der Waals surface area contributed by atoms with Gasteiger partial charge < -0.3 is 19.7 Å². The van der Waals surface area contributed by atoms with E-state index in [1.54, 1.807) is 47.2 Å². The number of ketones is 1. The molecule has 4 aromatic rings. The first-order chi connectivity index (χ1) is 17.0. The maximum atomic E-state index is 13.1. The molecule has 0 amide bonds. The molecule has 4 rings (SSSR count). The lowest BCUT2D eigenvalue weighted by Gasteiger charge is -2.05. The lowest BCUT2D eigenvalue weighted by Crippen LogP contribution is -2.02. The van der Waals surface area contributed by atoms with Gasteiger partial charge in [0.05, 0.1) is 25.6 Å². The van der Waals surface area contributed by atoms with E-state index < -0.39 is 0 Å². The van der Waals surface area contributed by atoms with Crippen molar-refractivity contribution in [1.29, 1.82) is 0 Å². The van der Waals surface area contributed by atoms with E-state index in [4.69, 9.17) is 9.47 Å². The van der Waals surface area contributed by atoms with E-state index in [9.17, 15) is 15.0 Å². The molecule has 0 unspecified atom stereocenters. The second-order valence-corrected chi connectivity index (χ2v) is 7.46. The van der Waals surface area contributed by atoms with E-state index >= 15 is 0 Å². The SMILES string of the molecule is COc1cc(/C=C/C(=O)c2nnn(-c3ccccc3)c2/C=C/c2ccc(O)c(OC)c2)ccc1O. The number of allylic oxidation sites excluding steroid dienone is 1. The lowest BCUT2D eigenvalue weighted by atomic mass is 10.1. The van der Waals surface area contributed by atoms with Crippen molar-refractivity contribution in [2.24, 2.45) is 0 Å². The molecule has 8 heteroatoms. The van der Waals surface area contributed by atoms with Gasteiger partial charge in [-0.05, 0) is 59.7 Å². The van der Waals surface area contributed by atoms with Crippen molar-refractivity contribution < 1.29 is 24.5 Å².